The minimum absolute atomic E-state index is 0.276. The number of nitrogens with zero attached hydrogens (tertiary/aromatic N) is 1. The zero-order valence-corrected chi connectivity index (χ0v) is 10.6. The van der Waals surface area contributed by atoms with Crippen LogP contribution >= 0.6 is 0 Å². The maximum atomic E-state index is 12.2. The SMILES string of the molecule is CC(C)C1CC(OC(F)F)CCN1C(C)C. The molecule has 1 rings (SSSR count). The van der Waals surface area contributed by atoms with Gasteiger partial charge in [0.05, 0.1) is 6.10 Å². The highest BCUT2D eigenvalue weighted by molar-refractivity contribution is 4.86. The van der Waals surface area contributed by atoms with Crippen molar-refractivity contribution in [2.45, 2.75) is 65.3 Å². The van der Waals surface area contributed by atoms with Gasteiger partial charge in [0.2, 0.25) is 0 Å². The Morgan fingerprint density at radius 1 is 1.19 bits per heavy atom. The quantitative estimate of drug-likeness (QED) is 0.742. The van der Waals surface area contributed by atoms with Crippen LogP contribution in [0.25, 0.3) is 0 Å². The van der Waals surface area contributed by atoms with Crippen molar-refractivity contribution in [3.05, 3.63) is 0 Å². The molecule has 1 aliphatic heterocycles. The monoisotopic (exact) mass is 235 g/mol. The third-order valence-electron chi connectivity index (χ3n) is 3.37. The lowest BCUT2D eigenvalue weighted by molar-refractivity contribution is -0.180. The Labute approximate surface area is 97.0 Å². The van der Waals surface area contributed by atoms with Gasteiger partial charge >= 0.3 is 6.61 Å². The van der Waals surface area contributed by atoms with Gasteiger partial charge in [-0.05, 0) is 32.6 Å². The maximum absolute atomic E-state index is 12.2. The van der Waals surface area contributed by atoms with Gasteiger partial charge in [0.1, 0.15) is 0 Å². The molecule has 0 bridgehead atoms. The van der Waals surface area contributed by atoms with Crippen LogP contribution in [0.2, 0.25) is 0 Å². The molecule has 2 unspecified atom stereocenters. The second kappa shape index (κ2) is 5.92. The Bertz CT molecular complexity index is 209. The molecule has 0 aromatic rings. The van der Waals surface area contributed by atoms with Crippen LogP contribution in [0.1, 0.15) is 40.5 Å². The average molecular weight is 235 g/mol. The van der Waals surface area contributed by atoms with Gasteiger partial charge in [-0.1, -0.05) is 13.8 Å². The number of piperidine rings is 1. The van der Waals surface area contributed by atoms with Crippen LogP contribution in [0.4, 0.5) is 8.78 Å². The molecule has 1 heterocycles. The highest BCUT2D eigenvalue weighted by Gasteiger charge is 2.33. The van der Waals surface area contributed by atoms with Gasteiger partial charge in [-0.3, -0.25) is 4.90 Å². The van der Waals surface area contributed by atoms with E-state index in [1.165, 1.54) is 0 Å². The van der Waals surface area contributed by atoms with Gasteiger partial charge in [0, 0.05) is 18.6 Å². The number of likely N-dealkylation sites (tertiary alicyclic amines) is 1. The Morgan fingerprint density at radius 3 is 2.25 bits per heavy atom. The molecule has 4 heteroatoms. The first kappa shape index (κ1) is 13.8. The average Bonchev–Trinajstić information content (AvgIpc) is 2.16. The van der Waals surface area contributed by atoms with E-state index in [1.54, 1.807) is 0 Å². The lowest BCUT2D eigenvalue weighted by Gasteiger charge is -2.43. The molecule has 0 aromatic carbocycles. The molecule has 96 valence electrons. The van der Waals surface area contributed by atoms with Crippen molar-refractivity contribution in [2.24, 2.45) is 5.92 Å². The Balaban J connectivity index is 2.58. The highest BCUT2D eigenvalue weighted by atomic mass is 19.3. The number of rotatable bonds is 4. The zero-order valence-electron chi connectivity index (χ0n) is 10.6. The number of halogens is 2. The van der Waals surface area contributed by atoms with Crippen molar-refractivity contribution in [2.75, 3.05) is 6.54 Å². The Morgan fingerprint density at radius 2 is 1.81 bits per heavy atom. The van der Waals surface area contributed by atoms with Crippen molar-refractivity contribution in [1.29, 1.82) is 0 Å². The van der Waals surface area contributed by atoms with E-state index in [0.717, 1.165) is 13.0 Å². The Kier molecular flexibility index (Phi) is 5.12. The van der Waals surface area contributed by atoms with Crippen LogP contribution in [-0.2, 0) is 4.74 Å². The summed E-state index contributed by atoms with van der Waals surface area (Å²) < 4.78 is 29.0. The summed E-state index contributed by atoms with van der Waals surface area (Å²) in [6, 6.07) is 0.831. The number of hydrogen-bond donors (Lipinski definition) is 0. The van der Waals surface area contributed by atoms with Crippen LogP contribution in [0.15, 0.2) is 0 Å². The van der Waals surface area contributed by atoms with Crippen LogP contribution in [0.3, 0.4) is 0 Å². The van der Waals surface area contributed by atoms with Gasteiger partial charge in [-0.2, -0.15) is 8.78 Å². The van der Waals surface area contributed by atoms with Gasteiger partial charge < -0.3 is 4.74 Å². The van der Waals surface area contributed by atoms with Crippen molar-refractivity contribution in [1.82, 2.24) is 4.90 Å². The van der Waals surface area contributed by atoms with Crippen LogP contribution in [0.5, 0.6) is 0 Å². The van der Waals surface area contributed by atoms with E-state index < -0.39 is 6.61 Å². The lowest BCUT2D eigenvalue weighted by atomic mass is 9.90. The normalized spacial score (nSPS) is 28.3. The molecule has 2 nitrogen and oxygen atoms in total. The first-order chi connectivity index (χ1) is 7.41. The van der Waals surface area contributed by atoms with Crippen molar-refractivity contribution in [3.8, 4) is 0 Å². The molecule has 16 heavy (non-hydrogen) atoms. The van der Waals surface area contributed by atoms with Crippen LogP contribution in [-0.4, -0.2) is 36.2 Å². The molecular weight excluding hydrogens is 212 g/mol. The number of alkyl halides is 2. The summed E-state index contributed by atoms with van der Waals surface area (Å²) in [5, 5.41) is 0. The number of ether oxygens (including phenoxy) is 1. The van der Waals surface area contributed by atoms with E-state index >= 15 is 0 Å². The van der Waals surface area contributed by atoms with Crippen molar-refractivity contribution < 1.29 is 13.5 Å². The standard InChI is InChI=1S/C12H23F2NO/c1-8(2)11-7-10(16-12(13)14)5-6-15(11)9(3)4/h8-12H,5-7H2,1-4H3. The molecule has 0 aliphatic carbocycles. The zero-order chi connectivity index (χ0) is 12.3. The minimum atomic E-state index is -2.64. The summed E-state index contributed by atoms with van der Waals surface area (Å²) >= 11 is 0. The summed E-state index contributed by atoms with van der Waals surface area (Å²) in [5.74, 6) is 0.478. The summed E-state index contributed by atoms with van der Waals surface area (Å²) in [6.07, 6.45) is 1.16. The topological polar surface area (TPSA) is 12.5 Å². The molecule has 0 aromatic heterocycles. The molecule has 0 N–H and O–H groups in total. The highest BCUT2D eigenvalue weighted by Crippen LogP contribution is 2.27. The third-order valence-corrected chi connectivity index (χ3v) is 3.37. The second-order valence-corrected chi connectivity index (χ2v) is 5.19. The summed E-state index contributed by atoms with van der Waals surface area (Å²) in [7, 11) is 0. The molecule has 0 amide bonds. The molecule has 1 aliphatic rings. The van der Waals surface area contributed by atoms with Crippen molar-refractivity contribution >= 4 is 0 Å². The third kappa shape index (κ3) is 3.67. The second-order valence-electron chi connectivity index (χ2n) is 5.19. The number of hydrogen-bond acceptors (Lipinski definition) is 2. The Hall–Kier alpha value is -0.220. The molecular formula is C12H23F2NO. The predicted octanol–water partition coefficient (Wildman–Crippen LogP) is 3.12. The largest absolute Gasteiger partial charge is 0.345 e. The fraction of sp³-hybridized carbons (Fsp3) is 1.00. The minimum Gasteiger partial charge on any atom is -0.320 e. The van der Waals surface area contributed by atoms with Crippen LogP contribution < -0.4 is 0 Å². The first-order valence-corrected chi connectivity index (χ1v) is 6.11. The van der Waals surface area contributed by atoms with Gasteiger partial charge in [0.25, 0.3) is 0 Å². The van der Waals surface area contributed by atoms with Gasteiger partial charge in [-0.15, -0.1) is 0 Å². The summed E-state index contributed by atoms with van der Waals surface area (Å²) in [5.41, 5.74) is 0. The maximum Gasteiger partial charge on any atom is 0.345 e. The van der Waals surface area contributed by atoms with E-state index in [1.807, 2.05) is 0 Å². The van der Waals surface area contributed by atoms with E-state index in [4.69, 9.17) is 0 Å². The lowest BCUT2D eigenvalue weighted by Crippen LogP contribution is -2.50. The fourth-order valence-corrected chi connectivity index (χ4v) is 2.55. The summed E-state index contributed by atoms with van der Waals surface area (Å²) in [4.78, 5) is 2.40. The first-order valence-electron chi connectivity index (χ1n) is 6.11. The summed E-state index contributed by atoms with van der Waals surface area (Å²) in [6.45, 7) is 6.82. The molecule has 0 saturated carbocycles. The molecule has 1 fully saturated rings. The fourth-order valence-electron chi connectivity index (χ4n) is 2.55. The van der Waals surface area contributed by atoms with E-state index in [-0.39, 0.29) is 6.10 Å². The van der Waals surface area contributed by atoms with E-state index in [2.05, 4.69) is 37.3 Å². The predicted molar refractivity (Wildman–Crippen MR) is 60.6 cm³/mol. The van der Waals surface area contributed by atoms with Gasteiger partial charge in [0.15, 0.2) is 0 Å². The molecule has 0 spiro atoms. The smallest absolute Gasteiger partial charge is 0.320 e. The van der Waals surface area contributed by atoms with E-state index in [0.29, 0.717) is 24.4 Å². The van der Waals surface area contributed by atoms with E-state index in [9.17, 15) is 8.78 Å². The molecule has 2 atom stereocenters. The molecule has 0 radical (unpaired) electrons. The van der Waals surface area contributed by atoms with Crippen LogP contribution in [0, 0.1) is 5.92 Å². The van der Waals surface area contributed by atoms with Gasteiger partial charge in [-0.25, -0.2) is 0 Å². The van der Waals surface area contributed by atoms with Crippen molar-refractivity contribution in [3.63, 3.8) is 0 Å². The molecule has 1 saturated heterocycles.